The lowest BCUT2D eigenvalue weighted by Gasteiger charge is -2.04. The zero-order valence-electron chi connectivity index (χ0n) is 10.2. The molecule has 4 nitrogen and oxygen atoms in total. The van der Waals surface area contributed by atoms with E-state index in [0.29, 0.717) is 0 Å². The molecule has 0 aliphatic carbocycles. The number of carbonyl (C=O) groups excluding carboxylic acids is 1. The van der Waals surface area contributed by atoms with Crippen LogP contribution in [0.3, 0.4) is 0 Å². The van der Waals surface area contributed by atoms with Crippen molar-refractivity contribution in [3.05, 3.63) is 64.2 Å². The second-order valence-corrected chi connectivity index (χ2v) is 5.05. The summed E-state index contributed by atoms with van der Waals surface area (Å²) in [4.78, 5) is 23.6. The van der Waals surface area contributed by atoms with E-state index in [9.17, 15) is 14.9 Å². The van der Waals surface area contributed by atoms with E-state index in [2.05, 4.69) is 0 Å². The average Bonchev–Trinajstić information content (AvgIpc) is 2.39. The number of nitro groups is 1. The second-order valence-electron chi connectivity index (χ2n) is 3.91. The van der Waals surface area contributed by atoms with Crippen LogP contribution in [-0.4, -0.2) is 10.7 Å². The van der Waals surface area contributed by atoms with Gasteiger partial charge in [-0.15, -0.1) is 0 Å². The number of hydrogen-bond acceptors (Lipinski definition) is 4. The van der Waals surface area contributed by atoms with Crippen molar-refractivity contribution in [3.63, 3.8) is 0 Å². The minimum Gasteiger partial charge on any atom is -0.294 e. The van der Waals surface area contributed by atoms with Gasteiger partial charge >= 0.3 is 0 Å². The Morgan fingerprint density at radius 2 is 1.79 bits per heavy atom. The molecular formula is C14H11NO3S. The Labute approximate surface area is 114 Å². The Hall–Kier alpha value is -2.14. The minimum atomic E-state index is -0.534. The molecule has 0 aliphatic rings. The van der Waals surface area contributed by atoms with Gasteiger partial charge in [0, 0.05) is 15.9 Å². The van der Waals surface area contributed by atoms with Crippen molar-refractivity contribution in [1.82, 2.24) is 0 Å². The maximum Gasteiger partial charge on any atom is 0.280 e. The molecule has 0 fully saturated rings. The molecule has 0 bridgehead atoms. The number of rotatable bonds is 4. The first kappa shape index (κ1) is 13.3. The highest BCUT2D eigenvalue weighted by atomic mass is 32.2. The molecule has 0 amide bonds. The van der Waals surface area contributed by atoms with Crippen molar-refractivity contribution in [2.45, 2.75) is 16.7 Å². The zero-order chi connectivity index (χ0) is 13.8. The van der Waals surface area contributed by atoms with E-state index in [4.69, 9.17) is 0 Å². The predicted molar refractivity (Wildman–Crippen MR) is 73.7 cm³/mol. The molecule has 5 heteroatoms. The zero-order valence-corrected chi connectivity index (χ0v) is 11.0. The number of nitrogens with zero attached hydrogens (tertiary/aromatic N) is 1. The quantitative estimate of drug-likeness (QED) is 0.481. The lowest BCUT2D eigenvalue weighted by atomic mass is 10.1. The van der Waals surface area contributed by atoms with E-state index in [1.54, 1.807) is 12.1 Å². The lowest BCUT2D eigenvalue weighted by Crippen LogP contribution is -2.00. The van der Waals surface area contributed by atoms with Gasteiger partial charge in [-0.2, -0.15) is 0 Å². The third-order valence-corrected chi connectivity index (χ3v) is 3.52. The highest BCUT2D eigenvalue weighted by molar-refractivity contribution is 7.99. The summed E-state index contributed by atoms with van der Waals surface area (Å²) in [5.74, 6) is -0.304. The van der Waals surface area contributed by atoms with Gasteiger partial charge in [-0.25, -0.2) is 0 Å². The van der Waals surface area contributed by atoms with Gasteiger partial charge in [0.25, 0.3) is 5.69 Å². The number of benzene rings is 2. The largest absolute Gasteiger partial charge is 0.294 e. The van der Waals surface area contributed by atoms with Crippen LogP contribution in [0.15, 0.2) is 58.3 Å². The highest BCUT2D eigenvalue weighted by Gasteiger charge is 2.17. The van der Waals surface area contributed by atoms with Crippen LogP contribution >= 0.6 is 11.8 Å². The second kappa shape index (κ2) is 5.67. The average molecular weight is 273 g/mol. The maximum atomic E-state index is 11.5. The van der Waals surface area contributed by atoms with E-state index in [0.717, 1.165) is 9.79 Å². The molecular weight excluding hydrogens is 262 g/mol. The third kappa shape index (κ3) is 3.20. The summed E-state index contributed by atoms with van der Waals surface area (Å²) < 4.78 is 0. The van der Waals surface area contributed by atoms with Gasteiger partial charge in [0.15, 0.2) is 5.78 Å². The van der Waals surface area contributed by atoms with Gasteiger partial charge in [0.1, 0.15) is 0 Å². The van der Waals surface area contributed by atoms with Gasteiger partial charge in [-0.3, -0.25) is 14.9 Å². The van der Waals surface area contributed by atoms with Crippen molar-refractivity contribution in [2.75, 3.05) is 0 Å². The number of hydrogen-bond donors (Lipinski definition) is 0. The first-order valence-electron chi connectivity index (χ1n) is 5.60. The summed E-state index contributed by atoms with van der Waals surface area (Å²) in [5.41, 5.74) is -0.00385. The molecule has 2 aromatic rings. The van der Waals surface area contributed by atoms with Gasteiger partial charge in [0.2, 0.25) is 0 Å². The summed E-state index contributed by atoms with van der Waals surface area (Å²) in [6.07, 6.45) is 0. The van der Waals surface area contributed by atoms with E-state index < -0.39 is 4.92 Å². The molecule has 0 atom stereocenters. The topological polar surface area (TPSA) is 60.2 Å². The Bertz CT molecular complexity index is 626. The molecule has 0 saturated carbocycles. The van der Waals surface area contributed by atoms with Crippen LogP contribution in [0, 0.1) is 10.1 Å². The van der Waals surface area contributed by atoms with E-state index in [-0.39, 0.29) is 17.0 Å². The fourth-order valence-corrected chi connectivity index (χ4v) is 2.52. The number of carbonyl (C=O) groups is 1. The fourth-order valence-electron chi connectivity index (χ4n) is 1.64. The molecule has 19 heavy (non-hydrogen) atoms. The molecule has 0 heterocycles. The molecule has 2 rings (SSSR count). The van der Waals surface area contributed by atoms with E-state index >= 15 is 0 Å². The van der Waals surface area contributed by atoms with Gasteiger partial charge < -0.3 is 0 Å². The van der Waals surface area contributed by atoms with E-state index in [1.807, 2.05) is 30.3 Å². The van der Waals surface area contributed by atoms with Crippen molar-refractivity contribution in [2.24, 2.45) is 0 Å². The molecule has 0 spiro atoms. The van der Waals surface area contributed by atoms with Crippen LogP contribution in [0.1, 0.15) is 17.3 Å². The standard InChI is InChI=1S/C14H11NO3S/c1-10(16)13-9-12(7-8-14(13)15(17)18)19-11-5-3-2-4-6-11/h2-9H,1H3. The van der Waals surface area contributed by atoms with Crippen LogP contribution in [0.5, 0.6) is 0 Å². The number of Topliss-reactive ketones (excluding diaryl/α,β-unsaturated/α-hetero) is 1. The van der Waals surface area contributed by atoms with Gasteiger partial charge in [-0.1, -0.05) is 30.0 Å². The van der Waals surface area contributed by atoms with Crippen LogP contribution in [0.25, 0.3) is 0 Å². The van der Waals surface area contributed by atoms with E-state index in [1.165, 1.54) is 24.8 Å². The molecule has 0 aromatic heterocycles. The Kier molecular flexibility index (Phi) is 3.97. The Morgan fingerprint density at radius 3 is 2.37 bits per heavy atom. The molecule has 0 saturated heterocycles. The van der Waals surface area contributed by atoms with Crippen molar-refractivity contribution >= 4 is 23.2 Å². The summed E-state index contributed by atoms with van der Waals surface area (Å²) in [7, 11) is 0. The first-order valence-corrected chi connectivity index (χ1v) is 6.42. The third-order valence-electron chi connectivity index (χ3n) is 2.52. The van der Waals surface area contributed by atoms with Crippen molar-refractivity contribution < 1.29 is 9.72 Å². The first-order chi connectivity index (χ1) is 9.08. The maximum absolute atomic E-state index is 11.5. The molecule has 2 aromatic carbocycles. The monoisotopic (exact) mass is 273 g/mol. The van der Waals surface area contributed by atoms with Crippen LogP contribution in [0.4, 0.5) is 5.69 Å². The number of ketones is 1. The summed E-state index contributed by atoms with van der Waals surface area (Å²) >= 11 is 1.46. The van der Waals surface area contributed by atoms with Crippen LogP contribution in [0.2, 0.25) is 0 Å². The molecule has 0 radical (unpaired) electrons. The molecule has 0 aliphatic heterocycles. The normalized spacial score (nSPS) is 10.2. The van der Waals surface area contributed by atoms with Gasteiger partial charge in [-0.05, 0) is 31.2 Å². The molecule has 96 valence electrons. The van der Waals surface area contributed by atoms with Crippen molar-refractivity contribution in [3.8, 4) is 0 Å². The Morgan fingerprint density at radius 1 is 1.11 bits per heavy atom. The number of nitro benzene ring substituents is 1. The van der Waals surface area contributed by atoms with Crippen LogP contribution < -0.4 is 0 Å². The van der Waals surface area contributed by atoms with Crippen LogP contribution in [-0.2, 0) is 0 Å². The molecule has 0 N–H and O–H groups in total. The minimum absolute atomic E-state index is 0.144. The smallest absolute Gasteiger partial charge is 0.280 e. The van der Waals surface area contributed by atoms with Gasteiger partial charge in [0.05, 0.1) is 10.5 Å². The lowest BCUT2D eigenvalue weighted by molar-refractivity contribution is -0.385. The molecule has 0 unspecified atom stereocenters. The summed E-state index contributed by atoms with van der Waals surface area (Å²) in [6, 6.07) is 14.2. The highest BCUT2D eigenvalue weighted by Crippen LogP contribution is 2.31. The Balaban J connectivity index is 2.36. The summed E-state index contributed by atoms with van der Waals surface area (Å²) in [5, 5.41) is 10.8. The fraction of sp³-hybridized carbons (Fsp3) is 0.0714. The predicted octanol–water partition coefficient (Wildman–Crippen LogP) is 3.95. The SMILES string of the molecule is CC(=O)c1cc(Sc2ccccc2)ccc1[N+](=O)[O-]. The summed E-state index contributed by atoms with van der Waals surface area (Å²) in [6.45, 7) is 1.33. The van der Waals surface area contributed by atoms with Crippen molar-refractivity contribution in [1.29, 1.82) is 0 Å².